The molecule has 1 saturated carbocycles. The molecule has 3 nitrogen and oxygen atoms in total. The van der Waals surface area contributed by atoms with Crippen LogP contribution in [0.1, 0.15) is 26.2 Å². The number of aliphatic hydroxyl groups is 1. The van der Waals surface area contributed by atoms with Crippen molar-refractivity contribution in [1.29, 1.82) is 0 Å². The molecule has 1 amide bonds. The SMILES string of the molecule is CCC(=O)N[C@H]1CC[C@H]1O. The van der Waals surface area contributed by atoms with E-state index in [1.54, 1.807) is 6.92 Å². The lowest BCUT2D eigenvalue weighted by Gasteiger charge is -2.32. The van der Waals surface area contributed by atoms with E-state index in [-0.39, 0.29) is 18.1 Å². The molecular formula is C7H13NO2. The summed E-state index contributed by atoms with van der Waals surface area (Å²) in [5.41, 5.74) is 0. The number of amides is 1. The fraction of sp³-hybridized carbons (Fsp3) is 0.857. The Morgan fingerprint density at radius 3 is 2.70 bits per heavy atom. The summed E-state index contributed by atoms with van der Waals surface area (Å²) in [7, 11) is 0. The lowest BCUT2D eigenvalue weighted by Crippen LogP contribution is -2.49. The Bertz CT molecular complexity index is 136. The van der Waals surface area contributed by atoms with Crippen LogP contribution in [0.2, 0.25) is 0 Å². The number of rotatable bonds is 2. The van der Waals surface area contributed by atoms with Gasteiger partial charge in [-0.1, -0.05) is 6.92 Å². The summed E-state index contributed by atoms with van der Waals surface area (Å²) >= 11 is 0. The Morgan fingerprint density at radius 2 is 2.40 bits per heavy atom. The van der Waals surface area contributed by atoms with E-state index < -0.39 is 0 Å². The zero-order chi connectivity index (χ0) is 7.56. The van der Waals surface area contributed by atoms with Crippen molar-refractivity contribution in [2.45, 2.75) is 38.3 Å². The minimum atomic E-state index is -0.296. The predicted molar refractivity (Wildman–Crippen MR) is 37.5 cm³/mol. The molecule has 0 aromatic carbocycles. The fourth-order valence-corrected chi connectivity index (χ4v) is 0.960. The molecule has 1 fully saturated rings. The number of carbonyl (C=O) groups is 1. The van der Waals surface area contributed by atoms with Crippen molar-refractivity contribution >= 4 is 5.91 Å². The molecule has 3 heteroatoms. The first-order valence-electron chi connectivity index (χ1n) is 3.71. The summed E-state index contributed by atoms with van der Waals surface area (Å²) in [4.78, 5) is 10.7. The molecule has 0 aromatic rings. The Morgan fingerprint density at radius 1 is 1.70 bits per heavy atom. The standard InChI is InChI=1S/C7H13NO2/c1-2-7(10)8-5-3-4-6(5)9/h5-6,9H,2-4H2,1H3,(H,8,10)/t5-,6+/m0/s1. The van der Waals surface area contributed by atoms with Crippen LogP contribution in [-0.2, 0) is 4.79 Å². The molecule has 0 saturated heterocycles. The fourth-order valence-electron chi connectivity index (χ4n) is 0.960. The topological polar surface area (TPSA) is 49.3 Å². The molecule has 58 valence electrons. The molecular weight excluding hydrogens is 130 g/mol. The molecule has 10 heavy (non-hydrogen) atoms. The highest BCUT2D eigenvalue weighted by Gasteiger charge is 2.29. The first-order chi connectivity index (χ1) is 4.74. The van der Waals surface area contributed by atoms with Gasteiger partial charge in [0.05, 0.1) is 12.1 Å². The van der Waals surface area contributed by atoms with Gasteiger partial charge in [0, 0.05) is 6.42 Å². The molecule has 0 radical (unpaired) electrons. The Hall–Kier alpha value is -0.570. The maximum atomic E-state index is 10.7. The zero-order valence-electron chi connectivity index (χ0n) is 6.13. The number of hydrogen-bond donors (Lipinski definition) is 2. The van der Waals surface area contributed by atoms with Gasteiger partial charge in [0.25, 0.3) is 0 Å². The number of nitrogens with one attached hydrogen (secondary N) is 1. The molecule has 0 spiro atoms. The average Bonchev–Trinajstić information content (AvgIpc) is 1.96. The van der Waals surface area contributed by atoms with E-state index in [1.165, 1.54) is 0 Å². The third-order valence-corrected chi connectivity index (χ3v) is 1.91. The van der Waals surface area contributed by atoms with Crippen LogP contribution in [0.25, 0.3) is 0 Å². The average molecular weight is 143 g/mol. The van der Waals surface area contributed by atoms with E-state index in [0.29, 0.717) is 6.42 Å². The summed E-state index contributed by atoms with van der Waals surface area (Å²) in [6.45, 7) is 1.81. The molecule has 0 aromatic heterocycles. The van der Waals surface area contributed by atoms with Crippen LogP contribution in [0.5, 0.6) is 0 Å². The third-order valence-electron chi connectivity index (χ3n) is 1.91. The highest BCUT2D eigenvalue weighted by Crippen LogP contribution is 2.19. The molecule has 2 atom stereocenters. The van der Waals surface area contributed by atoms with Gasteiger partial charge in [0.2, 0.25) is 5.91 Å². The smallest absolute Gasteiger partial charge is 0.220 e. The molecule has 1 rings (SSSR count). The minimum Gasteiger partial charge on any atom is -0.391 e. The zero-order valence-corrected chi connectivity index (χ0v) is 6.13. The van der Waals surface area contributed by atoms with Crippen molar-refractivity contribution < 1.29 is 9.90 Å². The van der Waals surface area contributed by atoms with Gasteiger partial charge in [-0.3, -0.25) is 4.79 Å². The normalized spacial score (nSPS) is 31.0. The quantitative estimate of drug-likeness (QED) is 0.573. The second-order valence-electron chi connectivity index (χ2n) is 2.67. The lowest BCUT2D eigenvalue weighted by molar-refractivity contribution is -0.123. The van der Waals surface area contributed by atoms with Crippen LogP contribution in [0.15, 0.2) is 0 Å². The van der Waals surface area contributed by atoms with Crippen molar-refractivity contribution in [3.8, 4) is 0 Å². The van der Waals surface area contributed by atoms with E-state index in [0.717, 1.165) is 12.8 Å². The van der Waals surface area contributed by atoms with Gasteiger partial charge in [-0.15, -0.1) is 0 Å². The maximum Gasteiger partial charge on any atom is 0.220 e. The Labute approximate surface area is 60.4 Å². The second-order valence-corrected chi connectivity index (χ2v) is 2.67. The molecule has 0 aliphatic heterocycles. The van der Waals surface area contributed by atoms with Gasteiger partial charge < -0.3 is 10.4 Å². The maximum absolute atomic E-state index is 10.7. The first-order valence-corrected chi connectivity index (χ1v) is 3.71. The van der Waals surface area contributed by atoms with Crippen LogP contribution in [-0.4, -0.2) is 23.2 Å². The largest absolute Gasteiger partial charge is 0.391 e. The number of aliphatic hydroxyl groups excluding tert-OH is 1. The van der Waals surface area contributed by atoms with Gasteiger partial charge in [-0.05, 0) is 12.8 Å². The molecule has 1 aliphatic rings. The summed E-state index contributed by atoms with van der Waals surface area (Å²) in [5, 5.41) is 11.8. The summed E-state index contributed by atoms with van der Waals surface area (Å²) in [5.74, 6) is 0.0313. The third kappa shape index (κ3) is 1.48. The first kappa shape index (κ1) is 7.54. The van der Waals surface area contributed by atoms with Crippen LogP contribution < -0.4 is 5.32 Å². The van der Waals surface area contributed by atoms with E-state index in [4.69, 9.17) is 5.11 Å². The molecule has 2 N–H and O–H groups in total. The van der Waals surface area contributed by atoms with Crippen LogP contribution in [0.3, 0.4) is 0 Å². The highest BCUT2D eigenvalue weighted by molar-refractivity contribution is 5.76. The van der Waals surface area contributed by atoms with E-state index in [9.17, 15) is 4.79 Å². The van der Waals surface area contributed by atoms with Crippen molar-refractivity contribution in [3.63, 3.8) is 0 Å². The summed E-state index contributed by atoms with van der Waals surface area (Å²) < 4.78 is 0. The van der Waals surface area contributed by atoms with E-state index in [1.807, 2.05) is 0 Å². The van der Waals surface area contributed by atoms with Gasteiger partial charge in [-0.2, -0.15) is 0 Å². The van der Waals surface area contributed by atoms with Crippen molar-refractivity contribution in [2.24, 2.45) is 0 Å². The second kappa shape index (κ2) is 3.01. The van der Waals surface area contributed by atoms with E-state index in [2.05, 4.69) is 5.32 Å². The van der Waals surface area contributed by atoms with Crippen LogP contribution >= 0.6 is 0 Å². The van der Waals surface area contributed by atoms with Crippen molar-refractivity contribution in [2.75, 3.05) is 0 Å². The van der Waals surface area contributed by atoms with Gasteiger partial charge in [0.15, 0.2) is 0 Å². The molecule has 0 heterocycles. The van der Waals surface area contributed by atoms with Crippen molar-refractivity contribution in [3.05, 3.63) is 0 Å². The van der Waals surface area contributed by atoms with E-state index >= 15 is 0 Å². The van der Waals surface area contributed by atoms with Crippen molar-refractivity contribution in [1.82, 2.24) is 5.32 Å². The van der Waals surface area contributed by atoms with Crippen LogP contribution in [0, 0.1) is 0 Å². The molecule has 1 aliphatic carbocycles. The monoisotopic (exact) mass is 143 g/mol. The highest BCUT2D eigenvalue weighted by atomic mass is 16.3. The summed E-state index contributed by atoms with van der Waals surface area (Å²) in [6.07, 6.45) is 1.96. The molecule has 0 bridgehead atoms. The Kier molecular flexibility index (Phi) is 2.27. The predicted octanol–water partition coefficient (Wildman–Crippen LogP) is 0.0359. The van der Waals surface area contributed by atoms with Crippen LogP contribution in [0.4, 0.5) is 0 Å². The number of hydrogen-bond acceptors (Lipinski definition) is 2. The molecule has 0 unspecified atom stereocenters. The number of carbonyl (C=O) groups excluding carboxylic acids is 1. The Balaban J connectivity index is 2.19. The van der Waals surface area contributed by atoms with Gasteiger partial charge in [-0.25, -0.2) is 0 Å². The lowest BCUT2D eigenvalue weighted by atomic mass is 9.89. The minimum absolute atomic E-state index is 0.0313. The van der Waals surface area contributed by atoms with Gasteiger partial charge >= 0.3 is 0 Å². The summed E-state index contributed by atoms with van der Waals surface area (Å²) in [6, 6.07) is 0.0347. The van der Waals surface area contributed by atoms with Gasteiger partial charge in [0.1, 0.15) is 0 Å².